The van der Waals surface area contributed by atoms with E-state index in [1.54, 1.807) is 0 Å². The molecule has 0 spiro atoms. The Bertz CT molecular complexity index is 1010. The summed E-state index contributed by atoms with van der Waals surface area (Å²) in [5.74, 6) is -0.527. The number of esters is 2. The summed E-state index contributed by atoms with van der Waals surface area (Å²) >= 11 is 0. The van der Waals surface area contributed by atoms with E-state index in [0.29, 0.717) is 11.5 Å². The van der Waals surface area contributed by atoms with Crippen LogP contribution >= 0.6 is 0 Å². The van der Waals surface area contributed by atoms with Crippen LogP contribution in [0.5, 0.6) is 0 Å². The van der Waals surface area contributed by atoms with Gasteiger partial charge in [-0.25, -0.2) is 14.0 Å². The molecule has 0 saturated heterocycles. The van der Waals surface area contributed by atoms with Crippen LogP contribution in [-0.4, -0.2) is 30.3 Å². The molecule has 0 heterocycles. The lowest BCUT2D eigenvalue weighted by atomic mass is 9.82. The number of carbonyl (C=O) groups is 2. The minimum absolute atomic E-state index is 0.0698. The Kier molecular flexibility index (Phi) is 13.7. The fourth-order valence-electron chi connectivity index (χ4n) is 5.54. The number of rotatable bonds is 16. The number of halogens is 1. The van der Waals surface area contributed by atoms with Gasteiger partial charge < -0.3 is 9.47 Å². The van der Waals surface area contributed by atoms with Crippen molar-refractivity contribution in [2.45, 2.75) is 135 Å². The van der Waals surface area contributed by atoms with E-state index >= 15 is 0 Å². The van der Waals surface area contributed by atoms with Crippen molar-refractivity contribution in [3.05, 3.63) is 59.7 Å². The van der Waals surface area contributed by atoms with Gasteiger partial charge in [-0.1, -0.05) is 88.8 Å². The molecule has 1 aliphatic carbocycles. The lowest BCUT2D eigenvalue weighted by Crippen LogP contribution is -2.28. The van der Waals surface area contributed by atoms with Crippen LogP contribution in [0.4, 0.5) is 4.39 Å². The van der Waals surface area contributed by atoms with E-state index < -0.39 is 12.1 Å². The predicted octanol–water partition coefficient (Wildman–Crippen LogP) is 9.75. The molecular weight excluding hydrogens is 503 g/mol. The second-order valence-corrected chi connectivity index (χ2v) is 11.5. The van der Waals surface area contributed by atoms with Crippen molar-refractivity contribution in [1.82, 2.24) is 0 Å². The zero-order valence-corrected chi connectivity index (χ0v) is 24.8. The summed E-state index contributed by atoms with van der Waals surface area (Å²) in [6, 6.07) is 16.2. The maximum Gasteiger partial charge on any atom is 0.340 e. The largest absolute Gasteiger partial charge is 0.460 e. The third kappa shape index (κ3) is 10.4. The van der Waals surface area contributed by atoms with Gasteiger partial charge in [0.15, 0.2) is 6.17 Å². The molecule has 0 aliphatic heterocycles. The van der Waals surface area contributed by atoms with E-state index in [1.807, 2.05) is 31.2 Å². The average molecular weight is 553 g/mol. The first-order chi connectivity index (χ1) is 19.4. The highest BCUT2D eigenvalue weighted by molar-refractivity contribution is 5.90. The van der Waals surface area contributed by atoms with Crippen LogP contribution in [-0.2, 0) is 14.3 Å². The van der Waals surface area contributed by atoms with Crippen LogP contribution < -0.4 is 0 Å². The molecule has 3 rings (SSSR count). The lowest BCUT2D eigenvalue weighted by molar-refractivity contribution is -0.157. The molecule has 0 unspecified atom stereocenters. The fraction of sp³-hybridized carbons (Fsp3) is 0.600. The van der Waals surface area contributed by atoms with Gasteiger partial charge in [0, 0.05) is 0 Å². The maximum atomic E-state index is 14.2. The van der Waals surface area contributed by atoms with Crippen LogP contribution in [0.1, 0.15) is 133 Å². The summed E-state index contributed by atoms with van der Waals surface area (Å²) in [5.41, 5.74) is 4.01. The molecule has 0 amide bonds. The highest BCUT2D eigenvalue weighted by Gasteiger charge is 2.28. The predicted molar refractivity (Wildman–Crippen MR) is 160 cm³/mol. The summed E-state index contributed by atoms with van der Waals surface area (Å²) < 4.78 is 25.3. The highest BCUT2D eigenvalue weighted by atomic mass is 19.1. The monoisotopic (exact) mass is 552 g/mol. The van der Waals surface area contributed by atoms with Gasteiger partial charge in [0.05, 0.1) is 11.7 Å². The quantitative estimate of drug-likeness (QED) is 0.154. The summed E-state index contributed by atoms with van der Waals surface area (Å²) in [6.45, 7) is 6.27. The first-order valence-electron chi connectivity index (χ1n) is 15.7. The van der Waals surface area contributed by atoms with Crippen molar-refractivity contribution in [1.29, 1.82) is 0 Å². The molecule has 2 aromatic rings. The fourth-order valence-corrected chi connectivity index (χ4v) is 5.54. The molecule has 220 valence electrons. The molecule has 4 nitrogen and oxygen atoms in total. The Hall–Kier alpha value is -2.69. The van der Waals surface area contributed by atoms with Gasteiger partial charge in [-0.2, -0.15) is 0 Å². The van der Waals surface area contributed by atoms with Crippen LogP contribution in [0, 0.1) is 0 Å². The first kappa shape index (κ1) is 31.8. The zero-order valence-electron chi connectivity index (χ0n) is 24.8. The van der Waals surface area contributed by atoms with E-state index in [2.05, 4.69) is 38.1 Å². The number of alkyl halides is 1. The summed E-state index contributed by atoms with van der Waals surface area (Å²) in [7, 11) is 0. The summed E-state index contributed by atoms with van der Waals surface area (Å²) in [6.07, 6.45) is 11.4. The van der Waals surface area contributed by atoms with Gasteiger partial charge in [-0.3, -0.25) is 0 Å². The molecule has 2 aromatic carbocycles. The van der Waals surface area contributed by atoms with E-state index in [1.165, 1.54) is 24.8 Å². The summed E-state index contributed by atoms with van der Waals surface area (Å²) in [4.78, 5) is 24.7. The minimum atomic E-state index is -1.49. The lowest BCUT2D eigenvalue weighted by Gasteiger charge is -2.29. The van der Waals surface area contributed by atoms with Gasteiger partial charge in [-0.15, -0.1) is 0 Å². The van der Waals surface area contributed by atoms with E-state index in [4.69, 9.17) is 9.47 Å². The van der Waals surface area contributed by atoms with Gasteiger partial charge in [0.2, 0.25) is 0 Å². The third-order valence-corrected chi connectivity index (χ3v) is 8.13. The van der Waals surface area contributed by atoms with Crippen LogP contribution in [0.3, 0.4) is 0 Å². The molecule has 2 atom stereocenters. The smallest absolute Gasteiger partial charge is 0.340 e. The highest BCUT2D eigenvalue weighted by Crippen LogP contribution is 2.35. The van der Waals surface area contributed by atoms with Crippen molar-refractivity contribution in [2.75, 3.05) is 0 Å². The Balaban J connectivity index is 1.43. The number of hydrogen-bond donors (Lipinski definition) is 0. The van der Waals surface area contributed by atoms with Crippen molar-refractivity contribution in [2.24, 2.45) is 0 Å². The molecule has 1 saturated carbocycles. The second kappa shape index (κ2) is 17.2. The van der Waals surface area contributed by atoms with Crippen molar-refractivity contribution < 1.29 is 23.5 Å². The number of ether oxygens (including phenoxy) is 2. The number of unbranched alkanes of at least 4 members (excludes halogenated alkanes) is 6. The number of carbonyl (C=O) groups excluding carboxylic acids is 2. The van der Waals surface area contributed by atoms with Gasteiger partial charge in [-0.05, 0) is 93.0 Å². The molecule has 40 heavy (non-hydrogen) atoms. The van der Waals surface area contributed by atoms with Crippen LogP contribution in [0.25, 0.3) is 11.1 Å². The Morgan fingerprint density at radius 2 is 1.32 bits per heavy atom. The molecule has 5 heteroatoms. The molecule has 0 bridgehead atoms. The number of benzene rings is 2. The Morgan fingerprint density at radius 1 is 0.775 bits per heavy atom. The Labute approximate surface area is 241 Å². The van der Waals surface area contributed by atoms with Crippen molar-refractivity contribution >= 4 is 11.9 Å². The van der Waals surface area contributed by atoms with Gasteiger partial charge >= 0.3 is 11.9 Å². The summed E-state index contributed by atoms with van der Waals surface area (Å²) in [5, 5.41) is 0. The molecule has 0 radical (unpaired) electrons. The second-order valence-electron chi connectivity index (χ2n) is 11.5. The van der Waals surface area contributed by atoms with Crippen LogP contribution in [0.15, 0.2) is 48.5 Å². The van der Waals surface area contributed by atoms with E-state index in [-0.39, 0.29) is 24.6 Å². The van der Waals surface area contributed by atoms with Crippen molar-refractivity contribution in [3.63, 3.8) is 0 Å². The van der Waals surface area contributed by atoms with Crippen molar-refractivity contribution in [3.8, 4) is 11.1 Å². The SMILES string of the molecule is CCCCCC[C@@H](C)OC(=O)c1ccc(-c2ccc([C@H]3CC[C@H](OC(=O)[C@@H](F)CCCCCC)CC3)cc2)cc1. The third-order valence-electron chi connectivity index (χ3n) is 8.13. The first-order valence-corrected chi connectivity index (χ1v) is 15.7. The van der Waals surface area contributed by atoms with Gasteiger partial charge in [0.25, 0.3) is 0 Å². The van der Waals surface area contributed by atoms with Crippen LogP contribution in [0.2, 0.25) is 0 Å². The topological polar surface area (TPSA) is 52.6 Å². The molecule has 0 aromatic heterocycles. The molecular formula is C35H49FO4. The standard InChI is InChI=1S/C35H49FO4/c1-4-6-8-10-12-26(3)39-34(37)31-20-18-29(19-21-31)27-14-16-28(17-15-27)30-22-24-32(25-23-30)40-35(38)33(36)13-11-9-7-5-2/h14-21,26,30,32-33H,4-13,22-25H2,1-3H3/t26-,30-,32-,33+/m1/s1. The van der Waals surface area contributed by atoms with E-state index in [9.17, 15) is 14.0 Å². The molecule has 1 fully saturated rings. The normalized spacial score (nSPS) is 18.6. The minimum Gasteiger partial charge on any atom is -0.460 e. The van der Waals surface area contributed by atoms with Gasteiger partial charge in [0.1, 0.15) is 6.10 Å². The Morgan fingerprint density at radius 3 is 1.90 bits per heavy atom. The average Bonchev–Trinajstić information content (AvgIpc) is 2.98. The zero-order chi connectivity index (χ0) is 28.7. The number of hydrogen-bond acceptors (Lipinski definition) is 4. The van der Waals surface area contributed by atoms with E-state index in [0.717, 1.165) is 75.3 Å². The molecule has 1 aliphatic rings. The maximum absolute atomic E-state index is 14.2. The molecule has 0 N–H and O–H groups in total.